The van der Waals surface area contributed by atoms with Crippen LogP contribution >= 0.6 is 27.3 Å². The standard InChI is InChI=1S/C17H18BrN3O3S/c1-16(2,3)24-15(22)21-7-17(8-21)13-12(20-14(19)25-13)10-5-4-9(18)6-11(10)23-17/h4-6H,7-8H2,1-3H3,(H2,19,20). The summed E-state index contributed by atoms with van der Waals surface area (Å²) in [5.41, 5.74) is 6.61. The number of carbonyl (C=O) groups is 1. The molecule has 25 heavy (non-hydrogen) atoms. The van der Waals surface area contributed by atoms with E-state index in [-0.39, 0.29) is 6.09 Å². The number of hydrogen-bond donors (Lipinski definition) is 1. The van der Waals surface area contributed by atoms with Crippen LogP contribution < -0.4 is 10.5 Å². The lowest BCUT2D eigenvalue weighted by Crippen LogP contribution is -2.65. The molecule has 2 N–H and O–H groups in total. The molecule has 0 bridgehead atoms. The van der Waals surface area contributed by atoms with Crippen LogP contribution in [0.3, 0.4) is 0 Å². The molecule has 2 aliphatic rings. The number of ether oxygens (including phenoxy) is 2. The number of hydrogen-bond acceptors (Lipinski definition) is 6. The first kappa shape index (κ1) is 16.7. The van der Waals surface area contributed by atoms with Crippen molar-refractivity contribution in [3.8, 4) is 17.0 Å². The van der Waals surface area contributed by atoms with E-state index >= 15 is 0 Å². The zero-order valence-corrected chi connectivity index (χ0v) is 16.5. The maximum Gasteiger partial charge on any atom is 0.410 e. The number of carbonyl (C=O) groups excluding carboxylic acids is 1. The van der Waals surface area contributed by atoms with Gasteiger partial charge in [-0.25, -0.2) is 9.78 Å². The van der Waals surface area contributed by atoms with Crippen molar-refractivity contribution in [3.05, 3.63) is 27.5 Å². The zero-order valence-electron chi connectivity index (χ0n) is 14.1. The molecule has 1 fully saturated rings. The molecule has 0 unspecified atom stereocenters. The second-order valence-electron chi connectivity index (χ2n) is 7.30. The van der Waals surface area contributed by atoms with Crippen molar-refractivity contribution in [2.24, 2.45) is 0 Å². The van der Waals surface area contributed by atoms with Gasteiger partial charge in [0.2, 0.25) is 0 Å². The van der Waals surface area contributed by atoms with E-state index in [1.807, 2.05) is 39.0 Å². The Labute approximate surface area is 158 Å². The highest BCUT2D eigenvalue weighted by Gasteiger charge is 2.55. The number of anilines is 1. The molecule has 8 heteroatoms. The van der Waals surface area contributed by atoms with Gasteiger partial charge >= 0.3 is 6.09 Å². The van der Waals surface area contributed by atoms with Crippen molar-refractivity contribution in [3.63, 3.8) is 0 Å². The molecule has 0 aliphatic carbocycles. The summed E-state index contributed by atoms with van der Waals surface area (Å²) in [7, 11) is 0. The minimum atomic E-state index is -0.602. The van der Waals surface area contributed by atoms with Crippen molar-refractivity contribution in [1.82, 2.24) is 9.88 Å². The summed E-state index contributed by atoms with van der Waals surface area (Å²) in [5, 5.41) is 0.500. The summed E-state index contributed by atoms with van der Waals surface area (Å²) in [5.74, 6) is 0.746. The second-order valence-corrected chi connectivity index (χ2v) is 9.25. The molecule has 4 rings (SSSR count). The Morgan fingerprint density at radius 1 is 1.44 bits per heavy atom. The lowest BCUT2D eigenvalue weighted by atomic mass is 9.87. The quantitative estimate of drug-likeness (QED) is 0.692. The lowest BCUT2D eigenvalue weighted by molar-refractivity contribution is -0.0855. The highest BCUT2D eigenvalue weighted by molar-refractivity contribution is 9.10. The van der Waals surface area contributed by atoms with E-state index in [9.17, 15) is 4.79 Å². The number of likely N-dealkylation sites (tertiary alicyclic amines) is 1. The zero-order chi connectivity index (χ0) is 18.0. The van der Waals surface area contributed by atoms with Gasteiger partial charge in [0.05, 0.1) is 23.7 Å². The van der Waals surface area contributed by atoms with E-state index in [2.05, 4.69) is 20.9 Å². The highest BCUT2D eigenvalue weighted by atomic mass is 79.9. The average molecular weight is 424 g/mol. The second kappa shape index (κ2) is 5.35. The molecule has 6 nitrogen and oxygen atoms in total. The molecule has 1 aromatic heterocycles. The van der Waals surface area contributed by atoms with Crippen LogP contribution in [0.2, 0.25) is 0 Å². The molecule has 132 valence electrons. The SMILES string of the molecule is CC(C)(C)OC(=O)N1CC2(C1)Oc1cc(Br)ccc1-c1nc(N)sc12. The lowest BCUT2D eigenvalue weighted by Gasteiger charge is -2.50. The highest BCUT2D eigenvalue weighted by Crippen LogP contribution is 2.52. The van der Waals surface area contributed by atoms with Gasteiger partial charge in [0, 0.05) is 10.0 Å². The van der Waals surface area contributed by atoms with Gasteiger partial charge in [-0.2, -0.15) is 0 Å². The van der Waals surface area contributed by atoms with Gasteiger partial charge in [-0.3, -0.25) is 4.90 Å². The third-order valence-corrected chi connectivity index (χ3v) is 5.67. The molecule has 0 atom stereocenters. The third-order valence-electron chi connectivity index (χ3n) is 4.11. The van der Waals surface area contributed by atoms with Crippen molar-refractivity contribution in [2.45, 2.75) is 32.0 Å². The van der Waals surface area contributed by atoms with Gasteiger partial charge in [-0.15, -0.1) is 0 Å². The van der Waals surface area contributed by atoms with E-state index in [0.717, 1.165) is 26.4 Å². The molecule has 1 saturated heterocycles. The summed E-state index contributed by atoms with van der Waals surface area (Å²) in [6.45, 7) is 6.40. The average Bonchev–Trinajstić information content (AvgIpc) is 2.83. The molecule has 1 amide bonds. The van der Waals surface area contributed by atoms with E-state index in [1.165, 1.54) is 11.3 Å². The van der Waals surface area contributed by atoms with E-state index in [0.29, 0.717) is 18.2 Å². The number of thiazole rings is 1. The number of nitrogens with two attached hydrogens (primary N) is 1. The minimum absolute atomic E-state index is 0.333. The molecular formula is C17H18BrN3O3S. The van der Waals surface area contributed by atoms with Crippen LogP contribution in [0.15, 0.2) is 22.7 Å². The third kappa shape index (κ3) is 2.77. The molecule has 3 heterocycles. The van der Waals surface area contributed by atoms with Crippen molar-refractivity contribution in [1.29, 1.82) is 0 Å². The number of amides is 1. The van der Waals surface area contributed by atoms with Gasteiger partial charge in [-0.05, 0) is 39.0 Å². The van der Waals surface area contributed by atoms with Crippen molar-refractivity contribution >= 4 is 38.5 Å². The van der Waals surface area contributed by atoms with Crippen LogP contribution in [-0.4, -0.2) is 34.7 Å². The maximum absolute atomic E-state index is 12.3. The van der Waals surface area contributed by atoms with Crippen LogP contribution in [0.1, 0.15) is 25.6 Å². The van der Waals surface area contributed by atoms with Crippen molar-refractivity contribution < 1.29 is 14.3 Å². The van der Waals surface area contributed by atoms with Gasteiger partial charge in [0.25, 0.3) is 0 Å². The first-order valence-electron chi connectivity index (χ1n) is 7.90. The summed E-state index contributed by atoms with van der Waals surface area (Å²) in [4.78, 5) is 19.4. The van der Waals surface area contributed by atoms with Gasteiger partial charge in [0.1, 0.15) is 11.4 Å². The first-order chi connectivity index (χ1) is 11.7. The summed E-state index contributed by atoms with van der Waals surface area (Å²) in [6, 6.07) is 5.84. The Bertz CT molecular complexity index is 869. The normalized spacial score (nSPS) is 17.4. The monoisotopic (exact) mass is 423 g/mol. The smallest absolute Gasteiger partial charge is 0.410 e. The van der Waals surface area contributed by atoms with E-state index < -0.39 is 11.2 Å². The predicted octanol–water partition coefficient (Wildman–Crippen LogP) is 3.99. The molecule has 1 spiro atoms. The number of benzene rings is 1. The number of aromatic nitrogens is 1. The predicted molar refractivity (Wildman–Crippen MR) is 99.8 cm³/mol. The van der Waals surface area contributed by atoms with Crippen LogP contribution in [-0.2, 0) is 10.3 Å². The van der Waals surface area contributed by atoms with Crippen LogP contribution in [0.25, 0.3) is 11.3 Å². The molecular weight excluding hydrogens is 406 g/mol. The summed E-state index contributed by atoms with van der Waals surface area (Å²) < 4.78 is 12.7. The number of halogens is 1. The maximum atomic E-state index is 12.3. The van der Waals surface area contributed by atoms with E-state index in [4.69, 9.17) is 15.2 Å². The van der Waals surface area contributed by atoms with Crippen LogP contribution in [0.5, 0.6) is 5.75 Å². The van der Waals surface area contributed by atoms with Gasteiger partial charge < -0.3 is 15.2 Å². The fourth-order valence-electron chi connectivity index (χ4n) is 3.10. The first-order valence-corrected chi connectivity index (χ1v) is 9.51. The largest absolute Gasteiger partial charge is 0.477 e. The number of nitrogens with zero attached hydrogens (tertiary/aromatic N) is 2. The Morgan fingerprint density at radius 3 is 2.84 bits per heavy atom. The van der Waals surface area contributed by atoms with Crippen LogP contribution in [0.4, 0.5) is 9.93 Å². The number of rotatable bonds is 0. The number of fused-ring (bicyclic) bond motifs is 4. The fraction of sp³-hybridized carbons (Fsp3) is 0.412. The molecule has 0 radical (unpaired) electrons. The molecule has 2 aliphatic heterocycles. The topological polar surface area (TPSA) is 77.7 Å². The van der Waals surface area contributed by atoms with E-state index in [1.54, 1.807) is 4.90 Å². The Morgan fingerprint density at radius 2 is 2.16 bits per heavy atom. The molecule has 2 aromatic rings. The summed E-state index contributed by atoms with van der Waals surface area (Å²) in [6.07, 6.45) is -0.333. The fourth-order valence-corrected chi connectivity index (χ4v) is 4.39. The van der Waals surface area contributed by atoms with Crippen LogP contribution in [0, 0.1) is 0 Å². The Balaban J connectivity index is 1.66. The van der Waals surface area contributed by atoms with Gasteiger partial charge in [-0.1, -0.05) is 27.3 Å². The molecule has 0 saturated carbocycles. The molecule has 1 aromatic carbocycles. The Hall–Kier alpha value is -1.80. The minimum Gasteiger partial charge on any atom is -0.477 e. The Kier molecular flexibility index (Phi) is 3.56. The van der Waals surface area contributed by atoms with Gasteiger partial charge in [0.15, 0.2) is 10.7 Å². The summed E-state index contributed by atoms with van der Waals surface area (Å²) >= 11 is 4.89. The van der Waals surface area contributed by atoms with Crippen molar-refractivity contribution in [2.75, 3.05) is 18.8 Å². The number of nitrogen functional groups attached to an aromatic ring is 1.